The summed E-state index contributed by atoms with van der Waals surface area (Å²) in [5, 5.41) is 4.36. The Morgan fingerprint density at radius 1 is 1.00 bits per heavy atom. The number of carbonyl (C=O) groups is 3. The molecule has 36 heavy (non-hydrogen) atoms. The number of urea groups is 1. The van der Waals surface area contributed by atoms with Gasteiger partial charge in [0.1, 0.15) is 10.6 Å². The molecule has 2 rings (SSSR count). The molecule has 0 bridgehead atoms. The van der Waals surface area contributed by atoms with Crippen LogP contribution in [0.15, 0.2) is 58.4 Å². The monoisotopic (exact) mass is 521 g/mol. The third kappa shape index (κ3) is 7.87. The Balaban J connectivity index is 2.66. The molecule has 13 nitrogen and oxygen atoms in total. The zero-order chi connectivity index (χ0) is 26.7. The number of amides is 4. The minimum Gasteiger partial charge on any atom is -0.453 e. The van der Waals surface area contributed by atoms with E-state index in [4.69, 9.17) is 9.92 Å². The topological polar surface area (TPSA) is 179 Å². The van der Waals surface area contributed by atoms with Crippen LogP contribution in [0.4, 0.5) is 25.8 Å². The summed E-state index contributed by atoms with van der Waals surface area (Å²) in [6.45, 7) is 2.11. The molecule has 0 aliphatic carbocycles. The molecule has 0 spiro atoms. The van der Waals surface area contributed by atoms with E-state index in [1.807, 2.05) is 6.92 Å². The summed E-state index contributed by atoms with van der Waals surface area (Å²) in [7, 11) is -2.16. The van der Waals surface area contributed by atoms with Gasteiger partial charge in [-0.05, 0) is 36.8 Å². The lowest BCUT2D eigenvalue weighted by Crippen LogP contribution is -2.43. The Kier molecular flexibility index (Phi) is 10.0. The second-order valence-electron chi connectivity index (χ2n) is 7.04. The number of hydrogen-bond acceptors (Lipinski definition) is 9. The number of ether oxygens (including phenoxy) is 2. The van der Waals surface area contributed by atoms with Crippen LogP contribution < -0.4 is 25.5 Å². The average Bonchev–Trinajstić information content (AvgIpc) is 2.84. The summed E-state index contributed by atoms with van der Waals surface area (Å²) in [5.41, 5.74) is 5.54. The second kappa shape index (κ2) is 12.9. The highest BCUT2D eigenvalue weighted by Crippen LogP contribution is 2.33. The van der Waals surface area contributed by atoms with Crippen LogP contribution in [0.2, 0.25) is 0 Å². The van der Waals surface area contributed by atoms with E-state index in [0.717, 1.165) is 26.7 Å². The Morgan fingerprint density at radius 3 is 2.14 bits per heavy atom. The van der Waals surface area contributed by atoms with Crippen molar-refractivity contribution in [2.24, 2.45) is 10.7 Å². The fourth-order valence-electron chi connectivity index (χ4n) is 2.80. The first-order valence-electron chi connectivity index (χ1n) is 10.6. The number of carbonyl (C=O) groups excluding carboxylic acids is 3. The molecule has 2 aromatic carbocycles. The van der Waals surface area contributed by atoms with Gasteiger partial charge in [0.15, 0.2) is 0 Å². The Bertz CT molecular complexity index is 1200. The summed E-state index contributed by atoms with van der Waals surface area (Å²) in [6.07, 6.45) is -0.656. The summed E-state index contributed by atoms with van der Waals surface area (Å²) in [4.78, 5) is 40.8. The highest BCUT2D eigenvalue weighted by molar-refractivity contribution is 7.87. The molecule has 0 saturated carbocycles. The highest BCUT2D eigenvalue weighted by atomic mass is 32.2. The maximum atomic E-state index is 12.9. The molecule has 0 fully saturated rings. The number of primary amides is 1. The van der Waals surface area contributed by atoms with Crippen LogP contribution in [0.1, 0.15) is 19.8 Å². The zero-order valence-electron chi connectivity index (χ0n) is 19.9. The molecule has 0 saturated heterocycles. The van der Waals surface area contributed by atoms with E-state index < -0.39 is 34.3 Å². The lowest BCUT2D eigenvalue weighted by Gasteiger charge is -2.22. The number of unbranched alkanes of at least 4 members (excludes halogenated alkanes) is 1. The SMILES string of the molecule is CCCCN(C(N)=O)c1ccc(S(=O)(=O)Oc2ccccc2)cc1N=C(NC(=O)OC)NC(=O)OC. The molecule has 0 unspecified atom stereocenters. The number of hydrogen-bond donors (Lipinski definition) is 3. The molecular formula is C22H27N5O8S. The van der Waals surface area contributed by atoms with Gasteiger partial charge in [-0.2, -0.15) is 8.42 Å². The Hall–Kier alpha value is -4.33. The third-order valence-electron chi connectivity index (χ3n) is 4.52. The van der Waals surface area contributed by atoms with Gasteiger partial charge < -0.3 is 19.4 Å². The van der Waals surface area contributed by atoms with Crippen molar-refractivity contribution in [1.82, 2.24) is 10.6 Å². The van der Waals surface area contributed by atoms with Gasteiger partial charge in [-0.25, -0.2) is 19.4 Å². The summed E-state index contributed by atoms with van der Waals surface area (Å²) < 4.78 is 40.0. The van der Waals surface area contributed by atoms with Gasteiger partial charge >= 0.3 is 28.3 Å². The molecule has 0 aliphatic rings. The van der Waals surface area contributed by atoms with Crippen molar-refractivity contribution in [1.29, 1.82) is 0 Å². The van der Waals surface area contributed by atoms with E-state index in [9.17, 15) is 22.8 Å². The minimum atomic E-state index is -4.33. The van der Waals surface area contributed by atoms with Crippen molar-refractivity contribution >= 4 is 45.7 Å². The molecule has 4 amide bonds. The van der Waals surface area contributed by atoms with Crippen molar-refractivity contribution in [2.45, 2.75) is 24.7 Å². The van der Waals surface area contributed by atoms with Crippen molar-refractivity contribution in [3.05, 3.63) is 48.5 Å². The quantitative estimate of drug-likeness (QED) is 0.269. The van der Waals surface area contributed by atoms with Crippen molar-refractivity contribution in [3.8, 4) is 5.75 Å². The van der Waals surface area contributed by atoms with Crippen LogP contribution in [0.25, 0.3) is 0 Å². The lowest BCUT2D eigenvalue weighted by molar-refractivity contribution is 0.173. The van der Waals surface area contributed by atoms with Crippen molar-refractivity contribution in [2.75, 3.05) is 25.7 Å². The van der Waals surface area contributed by atoms with Crippen LogP contribution in [-0.4, -0.2) is 53.4 Å². The molecule has 0 aliphatic heterocycles. The predicted octanol–water partition coefficient (Wildman–Crippen LogP) is 2.84. The number of methoxy groups -OCH3 is 2. The van der Waals surface area contributed by atoms with E-state index in [1.165, 1.54) is 29.2 Å². The fraction of sp³-hybridized carbons (Fsp3) is 0.273. The Morgan fingerprint density at radius 2 is 1.61 bits per heavy atom. The first-order valence-corrected chi connectivity index (χ1v) is 12.0. The number of para-hydroxylation sites is 1. The van der Waals surface area contributed by atoms with Gasteiger partial charge in [0.25, 0.3) is 0 Å². The molecular weight excluding hydrogens is 494 g/mol. The normalized spacial score (nSPS) is 10.5. The van der Waals surface area contributed by atoms with E-state index in [1.54, 1.807) is 18.2 Å². The molecule has 2 aromatic rings. The number of anilines is 1. The summed E-state index contributed by atoms with van der Waals surface area (Å²) >= 11 is 0. The molecule has 0 aromatic heterocycles. The number of benzene rings is 2. The molecule has 14 heteroatoms. The molecule has 4 N–H and O–H groups in total. The highest BCUT2D eigenvalue weighted by Gasteiger charge is 2.23. The maximum Gasteiger partial charge on any atom is 0.413 e. The largest absolute Gasteiger partial charge is 0.453 e. The first kappa shape index (κ1) is 27.9. The molecule has 0 radical (unpaired) electrons. The second-order valence-corrected chi connectivity index (χ2v) is 8.58. The number of alkyl carbamates (subject to hydrolysis) is 2. The number of guanidine groups is 1. The fourth-order valence-corrected chi connectivity index (χ4v) is 3.75. The number of rotatable bonds is 8. The standard InChI is InChI=1S/C22H27N5O8S/c1-4-5-13-27(19(23)28)18-12-11-16(36(31,32)35-15-9-7-6-8-10-15)14-17(18)24-20(25-21(29)33-2)26-22(30)34-3/h6-12,14H,4-5,13H2,1-3H3,(H2,23,28)(H2,24,25,26,29,30). The zero-order valence-corrected chi connectivity index (χ0v) is 20.7. The summed E-state index contributed by atoms with van der Waals surface area (Å²) in [6, 6.07) is 10.6. The predicted molar refractivity (Wildman–Crippen MR) is 131 cm³/mol. The molecule has 194 valence electrons. The van der Waals surface area contributed by atoms with Crippen LogP contribution in [0.5, 0.6) is 5.75 Å². The van der Waals surface area contributed by atoms with Crippen LogP contribution in [0.3, 0.4) is 0 Å². The Labute approximate surface area is 208 Å². The van der Waals surface area contributed by atoms with E-state index in [0.29, 0.717) is 6.42 Å². The number of nitrogens with zero attached hydrogens (tertiary/aromatic N) is 2. The lowest BCUT2D eigenvalue weighted by atomic mass is 10.2. The van der Waals surface area contributed by atoms with Crippen LogP contribution >= 0.6 is 0 Å². The van der Waals surface area contributed by atoms with Gasteiger partial charge in [-0.15, -0.1) is 0 Å². The van der Waals surface area contributed by atoms with E-state index in [-0.39, 0.29) is 28.6 Å². The molecule has 0 heterocycles. The van der Waals surface area contributed by atoms with Gasteiger partial charge in [0.2, 0.25) is 5.96 Å². The average molecular weight is 522 g/mol. The van der Waals surface area contributed by atoms with Crippen molar-refractivity contribution < 1.29 is 36.5 Å². The van der Waals surface area contributed by atoms with Crippen LogP contribution in [-0.2, 0) is 19.6 Å². The minimum absolute atomic E-state index is 0.0775. The number of aliphatic imine (C=N–C) groups is 1. The third-order valence-corrected chi connectivity index (χ3v) is 5.76. The first-order chi connectivity index (χ1) is 17.1. The van der Waals surface area contributed by atoms with Gasteiger partial charge in [0, 0.05) is 6.54 Å². The molecule has 0 atom stereocenters. The smallest absolute Gasteiger partial charge is 0.413 e. The van der Waals surface area contributed by atoms with E-state index >= 15 is 0 Å². The summed E-state index contributed by atoms with van der Waals surface area (Å²) in [5.74, 6) is -0.387. The van der Waals surface area contributed by atoms with Gasteiger partial charge in [0.05, 0.1) is 25.6 Å². The number of nitrogens with one attached hydrogen (secondary N) is 2. The van der Waals surface area contributed by atoms with Gasteiger partial charge in [-0.3, -0.25) is 15.5 Å². The maximum absolute atomic E-state index is 12.9. The van der Waals surface area contributed by atoms with E-state index in [2.05, 4.69) is 25.1 Å². The number of nitrogens with two attached hydrogens (primary N) is 1. The van der Waals surface area contributed by atoms with Crippen LogP contribution in [0, 0.1) is 0 Å². The van der Waals surface area contributed by atoms with Crippen molar-refractivity contribution in [3.63, 3.8) is 0 Å². The van der Waals surface area contributed by atoms with Gasteiger partial charge in [-0.1, -0.05) is 31.5 Å².